The van der Waals surface area contributed by atoms with Crippen molar-refractivity contribution >= 4 is 16.8 Å². The van der Waals surface area contributed by atoms with Gasteiger partial charge < -0.3 is 5.32 Å². The minimum atomic E-state index is -0.163. The number of carbonyl (C=O) groups is 1. The molecular weight excluding hydrogens is 376 g/mol. The molecule has 4 aromatic rings. The summed E-state index contributed by atoms with van der Waals surface area (Å²) in [5, 5.41) is 12.8. The van der Waals surface area contributed by atoms with Crippen molar-refractivity contribution < 1.29 is 4.79 Å². The number of benzene rings is 1. The largest absolute Gasteiger partial charge is 0.345 e. The highest BCUT2D eigenvalue weighted by Crippen LogP contribution is 2.26. The molecule has 4 rings (SSSR count). The molecule has 0 spiro atoms. The van der Waals surface area contributed by atoms with Crippen LogP contribution in [0.1, 0.15) is 47.2 Å². The van der Waals surface area contributed by atoms with Crippen molar-refractivity contribution in [2.24, 2.45) is 7.05 Å². The van der Waals surface area contributed by atoms with Crippen molar-refractivity contribution in [3.05, 3.63) is 65.2 Å². The number of fused-ring (bicyclic) bond motifs is 1. The van der Waals surface area contributed by atoms with E-state index < -0.39 is 0 Å². The highest BCUT2D eigenvalue weighted by atomic mass is 16.1. The number of nitrogens with one attached hydrogen (secondary N) is 1. The highest BCUT2D eigenvalue weighted by Gasteiger charge is 2.21. The maximum absolute atomic E-state index is 13.3. The summed E-state index contributed by atoms with van der Waals surface area (Å²) in [6, 6.07) is 9.41. The molecule has 1 atom stereocenters. The molecule has 30 heavy (non-hydrogen) atoms. The highest BCUT2D eigenvalue weighted by molar-refractivity contribution is 6.07. The van der Waals surface area contributed by atoms with Crippen LogP contribution in [-0.4, -0.2) is 30.5 Å². The van der Waals surface area contributed by atoms with Crippen LogP contribution in [0.2, 0.25) is 0 Å². The lowest BCUT2D eigenvalue weighted by molar-refractivity contribution is 0.0941. The van der Waals surface area contributed by atoms with Crippen LogP contribution >= 0.6 is 0 Å². The minimum Gasteiger partial charge on any atom is -0.345 e. The first-order chi connectivity index (χ1) is 14.4. The fourth-order valence-electron chi connectivity index (χ4n) is 3.94. The zero-order chi connectivity index (χ0) is 21.4. The second-order valence-electron chi connectivity index (χ2n) is 7.56. The van der Waals surface area contributed by atoms with Crippen molar-refractivity contribution in [1.29, 1.82) is 0 Å². The van der Waals surface area contributed by atoms with E-state index in [4.69, 9.17) is 4.98 Å². The predicted molar refractivity (Wildman–Crippen MR) is 117 cm³/mol. The van der Waals surface area contributed by atoms with Gasteiger partial charge in [0.15, 0.2) is 0 Å². The van der Waals surface area contributed by atoms with Crippen LogP contribution in [0.3, 0.4) is 0 Å². The Labute approximate surface area is 175 Å². The van der Waals surface area contributed by atoms with Gasteiger partial charge in [0.25, 0.3) is 5.91 Å². The minimum absolute atomic E-state index is 0.132. The third-order valence-electron chi connectivity index (χ3n) is 5.56. The maximum atomic E-state index is 13.3. The van der Waals surface area contributed by atoms with Gasteiger partial charge in [-0.3, -0.25) is 14.2 Å². The summed E-state index contributed by atoms with van der Waals surface area (Å²) in [6.07, 6.45) is 3.73. The number of nitrogens with zero attached hydrogens (tertiary/aromatic N) is 5. The van der Waals surface area contributed by atoms with Gasteiger partial charge in [-0.15, -0.1) is 0 Å². The first-order valence-electron chi connectivity index (χ1n) is 10.1. The van der Waals surface area contributed by atoms with Gasteiger partial charge in [-0.25, -0.2) is 4.98 Å². The SMILES string of the molecule is CCn1cc(-c2cc(C(=O)N[C@H](C)c3c(C)nn(C)c3C)c3ccccc3n2)cn1. The number of aryl methyl sites for hydroxylation is 3. The molecule has 0 saturated heterocycles. The van der Waals surface area contributed by atoms with Crippen LogP contribution in [0, 0.1) is 13.8 Å². The molecule has 0 radical (unpaired) electrons. The Balaban J connectivity index is 1.74. The molecular formula is C23H26N6O. The number of hydrogen-bond donors (Lipinski definition) is 1. The number of para-hydroxylation sites is 1. The number of rotatable bonds is 5. The molecule has 0 unspecified atom stereocenters. The van der Waals surface area contributed by atoms with Crippen LogP contribution in [0.15, 0.2) is 42.7 Å². The number of aromatic nitrogens is 5. The zero-order valence-corrected chi connectivity index (χ0v) is 18.0. The summed E-state index contributed by atoms with van der Waals surface area (Å²) in [4.78, 5) is 18.1. The van der Waals surface area contributed by atoms with Gasteiger partial charge in [0.2, 0.25) is 0 Å². The smallest absolute Gasteiger partial charge is 0.252 e. The van der Waals surface area contributed by atoms with E-state index in [0.717, 1.165) is 45.7 Å². The van der Waals surface area contributed by atoms with Gasteiger partial charge in [-0.1, -0.05) is 18.2 Å². The first kappa shape index (κ1) is 19.8. The third-order valence-corrected chi connectivity index (χ3v) is 5.56. The maximum Gasteiger partial charge on any atom is 0.252 e. The molecule has 0 saturated carbocycles. The standard InChI is InChI=1S/C23H26N6O/c1-6-29-13-17(12-24-29)21-11-19(18-9-7-8-10-20(18)26-21)23(30)25-14(2)22-15(3)27-28(5)16(22)4/h7-14H,6H2,1-5H3,(H,25,30)/t14-/m1/s1. The number of carbonyl (C=O) groups excluding carboxylic acids is 1. The summed E-state index contributed by atoms with van der Waals surface area (Å²) in [7, 11) is 1.92. The summed E-state index contributed by atoms with van der Waals surface area (Å²) in [6.45, 7) is 8.79. The van der Waals surface area contributed by atoms with Crippen LogP contribution in [0.4, 0.5) is 0 Å². The monoisotopic (exact) mass is 402 g/mol. The average molecular weight is 403 g/mol. The Kier molecular flexibility index (Phi) is 5.11. The molecule has 0 aliphatic rings. The molecule has 0 fully saturated rings. The molecule has 0 aliphatic carbocycles. The Morgan fingerprint density at radius 2 is 2.00 bits per heavy atom. The van der Waals surface area contributed by atoms with Crippen LogP contribution in [0.5, 0.6) is 0 Å². The summed E-state index contributed by atoms with van der Waals surface area (Å²) < 4.78 is 3.70. The van der Waals surface area contributed by atoms with Gasteiger partial charge in [0.1, 0.15) is 0 Å². The Morgan fingerprint density at radius 3 is 2.67 bits per heavy atom. The van der Waals surface area contributed by atoms with E-state index >= 15 is 0 Å². The molecule has 7 heteroatoms. The Hall–Kier alpha value is -3.48. The summed E-state index contributed by atoms with van der Waals surface area (Å²) in [5.74, 6) is -0.132. The Morgan fingerprint density at radius 1 is 1.23 bits per heavy atom. The van der Waals surface area contributed by atoms with Crippen LogP contribution in [-0.2, 0) is 13.6 Å². The summed E-state index contributed by atoms with van der Waals surface area (Å²) in [5.41, 5.74) is 6.04. The first-order valence-corrected chi connectivity index (χ1v) is 10.1. The van der Waals surface area contributed by atoms with Gasteiger partial charge in [-0.05, 0) is 39.8 Å². The summed E-state index contributed by atoms with van der Waals surface area (Å²) >= 11 is 0. The van der Waals surface area contributed by atoms with Crippen molar-refractivity contribution in [2.45, 2.75) is 40.3 Å². The predicted octanol–water partition coefficient (Wildman–Crippen LogP) is 3.96. The normalized spacial score (nSPS) is 12.3. The van der Waals surface area contributed by atoms with E-state index in [2.05, 4.69) is 15.5 Å². The van der Waals surface area contributed by atoms with Crippen LogP contribution in [0.25, 0.3) is 22.2 Å². The molecule has 1 amide bonds. The molecule has 1 N–H and O–H groups in total. The van der Waals surface area contributed by atoms with E-state index in [1.807, 2.05) is 80.6 Å². The van der Waals surface area contributed by atoms with E-state index in [1.165, 1.54) is 0 Å². The fraction of sp³-hybridized carbons (Fsp3) is 0.304. The van der Waals surface area contributed by atoms with Crippen molar-refractivity contribution in [3.63, 3.8) is 0 Å². The van der Waals surface area contributed by atoms with Gasteiger partial charge in [-0.2, -0.15) is 10.2 Å². The molecule has 0 bridgehead atoms. The molecule has 7 nitrogen and oxygen atoms in total. The molecule has 3 aromatic heterocycles. The lowest BCUT2D eigenvalue weighted by Crippen LogP contribution is -2.27. The Bertz CT molecular complexity index is 1240. The van der Waals surface area contributed by atoms with Crippen LogP contribution < -0.4 is 5.32 Å². The van der Waals surface area contributed by atoms with E-state index in [-0.39, 0.29) is 11.9 Å². The second kappa shape index (κ2) is 7.74. The molecule has 154 valence electrons. The average Bonchev–Trinajstić information content (AvgIpc) is 3.31. The number of hydrogen-bond acceptors (Lipinski definition) is 4. The van der Waals surface area contributed by atoms with Crippen molar-refractivity contribution in [2.75, 3.05) is 0 Å². The number of pyridine rings is 1. The lowest BCUT2D eigenvalue weighted by atomic mass is 10.0. The van der Waals surface area contributed by atoms with Crippen molar-refractivity contribution in [3.8, 4) is 11.3 Å². The van der Waals surface area contributed by atoms with E-state index in [9.17, 15) is 4.79 Å². The van der Waals surface area contributed by atoms with Gasteiger partial charge in [0, 0.05) is 42.0 Å². The molecule has 0 aliphatic heterocycles. The van der Waals surface area contributed by atoms with Gasteiger partial charge >= 0.3 is 0 Å². The topological polar surface area (TPSA) is 77.6 Å². The van der Waals surface area contributed by atoms with Gasteiger partial charge in [0.05, 0.1) is 34.7 Å². The van der Waals surface area contributed by atoms with E-state index in [1.54, 1.807) is 6.20 Å². The lowest BCUT2D eigenvalue weighted by Gasteiger charge is -2.16. The zero-order valence-electron chi connectivity index (χ0n) is 18.0. The van der Waals surface area contributed by atoms with E-state index in [0.29, 0.717) is 5.56 Å². The third kappa shape index (κ3) is 3.47. The second-order valence-corrected chi connectivity index (χ2v) is 7.56. The fourth-order valence-corrected chi connectivity index (χ4v) is 3.94. The molecule has 3 heterocycles. The van der Waals surface area contributed by atoms with Crippen molar-refractivity contribution in [1.82, 2.24) is 29.9 Å². The quantitative estimate of drug-likeness (QED) is 0.548. The number of amides is 1. The molecule has 1 aromatic carbocycles.